The molecule has 0 aromatic rings. The van der Waals surface area contributed by atoms with Gasteiger partial charge >= 0.3 is 0 Å². The summed E-state index contributed by atoms with van der Waals surface area (Å²) in [7, 11) is 1.66. The predicted molar refractivity (Wildman–Crippen MR) is 43.0 cm³/mol. The van der Waals surface area contributed by atoms with E-state index in [9.17, 15) is 5.11 Å². The van der Waals surface area contributed by atoms with Gasteiger partial charge in [0.05, 0.1) is 18.8 Å². The molecule has 0 aliphatic carbocycles. The van der Waals surface area contributed by atoms with Gasteiger partial charge in [0.25, 0.3) is 0 Å². The van der Waals surface area contributed by atoms with Crippen LogP contribution in [0, 0.1) is 0 Å². The molecule has 1 unspecified atom stereocenters. The number of hydrogen-bond acceptors (Lipinski definition) is 4. The van der Waals surface area contributed by atoms with E-state index >= 15 is 0 Å². The van der Waals surface area contributed by atoms with Crippen molar-refractivity contribution in [2.45, 2.75) is 30.8 Å². The minimum Gasteiger partial charge on any atom is -0.393 e. The molecule has 12 heavy (non-hydrogen) atoms. The lowest BCUT2D eigenvalue weighted by Crippen LogP contribution is -2.47. The molecule has 0 aromatic carbocycles. The average Bonchev–Trinajstić information content (AvgIpc) is 2.56. The van der Waals surface area contributed by atoms with Crippen LogP contribution in [0.2, 0.25) is 0 Å². The van der Waals surface area contributed by atoms with Crippen LogP contribution in [0.15, 0.2) is 0 Å². The zero-order valence-corrected chi connectivity index (χ0v) is 7.41. The highest BCUT2D eigenvalue weighted by Gasteiger charge is 2.58. The van der Waals surface area contributed by atoms with Crippen LogP contribution in [0.5, 0.6) is 0 Å². The molecule has 0 saturated carbocycles. The van der Waals surface area contributed by atoms with E-state index in [1.54, 1.807) is 7.11 Å². The SMILES string of the molecule is CO[C@@H]1C2NC[C@@]1(CO)O[C@H]2C. The van der Waals surface area contributed by atoms with E-state index in [2.05, 4.69) is 5.32 Å². The Balaban J connectivity index is 2.23. The van der Waals surface area contributed by atoms with Crippen LogP contribution in [-0.2, 0) is 9.47 Å². The molecule has 2 bridgehead atoms. The third-order valence-corrected chi connectivity index (χ3v) is 2.93. The molecule has 70 valence electrons. The standard InChI is InChI=1S/C8H15NO3/c1-5-6-7(11-2)8(4-10,12-5)3-9-6/h5-7,9-10H,3-4H2,1-2H3/t5-,6?,7+,8-/m0/s1. The summed E-state index contributed by atoms with van der Waals surface area (Å²) in [6.07, 6.45) is 0.133. The lowest BCUT2D eigenvalue weighted by atomic mass is 10.00. The third-order valence-electron chi connectivity index (χ3n) is 2.93. The molecule has 2 aliphatic rings. The van der Waals surface area contributed by atoms with Crippen LogP contribution in [0.3, 0.4) is 0 Å². The summed E-state index contributed by atoms with van der Waals surface area (Å²) in [5.41, 5.74) is -0.487. The maximum atomic E-state index is 9.22. The summed E-state index contributed by atoms with van der Waals surface area (Å²) in [5.74, 6) is 0. The van der Waals surface area contributed by atoms with E-state index in [-0.39, 0.29) is 24.9 Å². The summed E-state index contributed by atoms with van der Waals surface area (Å²) < 4.78 is 11.0. The largest absolute Gasteiger partial charge is 0.393 e. The molecule has 2 heterocycles. The summed E-state index contributed by atoms with van der Waals surface area (Å²) in [4.78, 5) is 0. The van der Waals surface area contributed by atoms with Gasteiger partial charge in [0, 0.05) is 13.7 Å². The van der Waals surface area contributed by atoms with Crippen LogP contribution >= 0.6 is 0 Å². The molecule has 4 atom stereocenters. The van der Waals surface area contributed by atoms with Gasteiger partial charge in [0.1, 0.15) is 11.7 Å². The molecule has 0 aromatic heterocycles. The number of methoxy groups -OCH3 is 1. The Morgan fingerprint density at radius 2 is 2.50 bits per heavy atom. The molecular weight excluding hydrogens is 158 g/mol. The maximum Gasteiger partial charge on any atom is 0.131 e. The Morgan fingerprint density at radius 3 is 2.92 bits per heavy atom. The van der Waals surface area contributed by atoms with Crippen LogP contribution in [0.4, 0.5) is 0 Å². The van der Waals surface area contributed by atoms with Crippen molar-refractivity contribution in [3.05, 3.63) is 0 Å². The van der Waals surface area contributed by atoms with Gasteiger partial charge in [-0.05, 0) is 6.92 Å². The minimum absolute atomic E-state index is 0.00231. The number of aliphatic hydroxyl groups excluding tert-OH is 1. The van der Waals surface area contributed by atoms with Gasteiger partial charge < -0.3 is 19.9 Å². The van der Waals surface area contributed by atoms with Gasteiger partial charge in [-0.1, -0.05) is 0 Å². The number of aliphatic hydroxyl groups is 1. The van der Waals surface area contributed by atoms with Crippen molar-refractivity contribution < 1.29 is 14.6 Å². The van der Waals surface area contributed by atoms with Gasteiger partial charge in [0.2, 0.25) is 0 Å². The second kappa shape index (κ2) is 2.67. The molecule has 2 fully saturated rings. The second-order valence-corrected chi connectivity index (χ2v) is 3.61. The van der Waals surface area contributed by atoms with E-state index < -0.39 is 5.60 Å². The third kappa shape index (κ3) is 0.864. The average molecular weight is 173 g/mol. The molecule has 0 radical (unpaired) electrons. The Kier molecular flexibility index (Phi) is 1.88. The molecule has 2 rings (SSSR count). The van der Waals surface area contributed by atoms with Crippen LogP contribution in [0.1, 0.15) is 6.92 Å². The highest BCUT2D eigenvalue weighted by Crippen LogP contribution is 2.37. The van der Waals surface area contributed by atoms with E-state index in [4.69, 9.17) is 9.47 Å². The van der Waals surface area contributed by atoms with Crippen molar-refractivity contribution in [3.8, 4) is 0 Å². The quantitative estimate of drug-likeness (QED) is 0.569. The fourth-order valence-electron chi connectivity index (χ4n) is 2.33. The van der Waals surface area contributed by atoms with Crippen molar-refractivity contribution in [2.24, 2.45) is 0 Å². The Bertz CT molecular complexity index is 187. The minimum atomic E-state index is -0.487. The van der Waals surface area contributed by atoms with Gasteiger partial charge in [0.15, 0.2) is 0 Å². The topological polar surface area (TPSA) is 50.7 Å². The van der Waals surface area contributed by atoms with Gasteiger partial charge in [-0.3, -0.25) is 0 Å². The molecule has 2 saturated heterocycles. The molecule has 4 heteroatoms. The van der Waals surface area contributed by atoms with Crippen LogP contribution < -0.4 is 5.32 Å². The summed E-state index contributed by atoms with van der Waals surface area (Å²) in [6, 6.07) is 0.238. The first kappa shape index (κ1) is 8.44. The highest BCUT2D eigenvalue weighted by molar-refractivity contribution is 5.12. The number of morpholine rings is 1. The van der Waals surface area contributed by atoms with Crippen molar-refractivity contribution in [3.63, 3.8) is 0 Å². The monoisotopic (exact) mass is 173 g/mol. The van der Waals surface area contributed by atoms with Crippen molar-refractivity contribution >= 4 is 0 Å². The number of rotatable bonds is 2. The zero-order valence-electron chi connectivity index (χ0n) is 7.41. The van der Waals surface area contributed by atoms with Crippen LogP contribution in [-0.4, -0.2) is 49.2 Å². The van der Waals surface area contributed by atoms with Crippen LogP contribution in [0.25, 0.3) is 0 Å². The highest BCUT2D eigenvalue weighted by atomic mass is 16.6. The normalized spacial score (nSPS) is 51.8. The second-order valence-electron chi connectivity index (χ2n) is 3.61. The molecule has 4 nitrogen and oxygen atoms in total. The first-order chi connectivity index (χ1) is 5.73. The smallest absolute Gasteiger partial charge is 0.131 e. The first-order valence-electron chi connectivity index (χ1n) is 4.28. The van der Waals surface area contributed by atoms with Gasteiger partial charge in [-0.15, -0.1) is 0 Å². The fourth-order valence-corrected chi connectivity index (χ4v) is 2.33. The van der Waals surface area contributed by atoms with E-state index in [1.807, 2.05) is 6.92 Å². The Hall–Kier alpha value is -0.160. The van der Waals surface area contributed by atoms with Crippen molar-refractivity contribution in [1.82, 2.24) is 5.32 Å². The Morgan fingerprint density at radius 1 is 1.75 bits per heavy atom. The number of nitrogens with one attached hydrogen (secondary N) is 1. The molecular formula is C8H15NO3. The van der Waals surface area contributed by atoms with E-state index in [1.165, 1.54) is 0 Å². The maximum absolute atomic E-state index is 9.22. The van der Waals surface area contributed by atoms with Crippen molar-refractivity contribution in [2.75, 3.05) is 20.3 Å². The first-order valence-corrected chi connectivity index (χ1v) is 4.28. The molecule has 0 spiro atoms. The molecule has 2 aliphatic heterocycles. The fraction of sp³-hybridized carbons (Fsp3) is 1.00. The van der Waals surface area contributed by atoms with Gasteiger partial charge in [-0.25, -0.2) is 0 Å². The van der Waals surface area contributed by atoms with Crippen molar-refractivity contribution in [1.29, 1.82) is 0 Å². The number of fused-ring (bicyclic) bond motifs is 2. The van der Waals surface area contributed by atoms with E-state index in [0.717, 1.165) is 0 Å². The summed E-state index contributed by atoms with van der Waals surface area (Å²) in [5, 5.41) is 12.5. The zero-order chi connectivity index (χ0) is 8.77. The lowest BCUT2D eigenvalue weighted by molar-refractivity contribution is -0.111. The molecule has 0 amide bonds. The lowest BCUT2D eigenvalue weighted by Gasteiger charge is -2.28. The molecule has 2 N–H and O–H groups in total. The van der Waals surface area contributed by atoms with E-state index in [0.29, 0.717) is 6.54 Å². The summed E-state index contributed by atoms with van der Waals surface area (Å²) >= 11 is 0. The number of ether oxygens (including phenoxy) is 2. The number of hydrogen-bond donors (Lipinski definition) is 2. The van der Waals surface area contributed by atoms with Gasteiger partial charge in [-0.2, -0.15) is 0 Å². The predicted octanol–water partition coefficient (Wildman–Crippen LogP) is -0.877. The summed E-state index contributed by atoms with van der Waals surface area (Å²) in [6.45, 7) is 2.72. The Labute approximate surface area is 71.9 Å².